The summed E-state index contributed by atoms with van der Waals surface area (Å²) in [5.41, 5.74) is 6.20. The zero-order chi connectivity index (χ0) is 24.4. The third kappa shape index (κ3) is 4.77. The number of oxime groups is 1. The van der Waals surface area contributed by atoms with E-state index in [4.69, 9.17) is 22.3 Å². The number of aryl methyl sites for hydroxylation is 1. The highest BCUT2D eigenvalue weighted by Gasteiger charge is 2.33. The topological polar surface area (TPSA) is 85.0 Å². The molecule has 0 heterocycles. The Hall–Kier alpha value is -3.78. The second kappa shape index (κ2) is 9.61. The van der Waals surface area contributed by atoms with Crippen LogP contribution in [0.4, 0.5) is 13.6 Å². The maximum Gasteiger partial charge on any atom is 0.357 e. The highest BCUT2D eigenvalue weighted by atomic mass is 35.5. The minimum absolute atomic E-state index is 0.0260. The summed E-state index contributed by atoms with van der Waals surface area (Å²) in [5, 5.41) is 4.51. The molecule has 1 aliphatic carbocycles. The van der Waals surface area contributed by atoms with Gasteiger partial charge in [-0.1, -0.05) is 64.3 Å². The Morgan fingerprint density at radius 3 is 2.32 bits per heavy atom. The molecule has 3 aromatic carbocycles. The molecule has 0 radical (unpaired) electrons. The summed E-state index contributed by atoms with van der Waals surface area (Å²) in [5.74, 6) is -3.65. The second-order valence-corrected chi connectivity index (χ2v) is 8.32. The quantitative estimate of drug-likeness (QED) is 0.352. The van der Waals surface area contributed by atoms with Crippen LogP contribution in [0.5, 0.6) is 0 Å². The van der Waals surface area contributed by atoms with E-state index in [0.29, 0.717) is 21.9 Å². The Balaban J connectivity index is 1.71. The summed E-state index contributed by atoms with van der Waals surface area (Å²) in [6, 6.07) is 14.7. The van der Waals surface area contributed by atoms with Gasteiger partial charge in [-0.2, -0.15) is 0 Å². The van der Waals surface area contributed by atoms with Crippen molar-refractivity contribution in [3.05, 3.63) is 94.0 Å². The number of halogens is 3. The van der Waals surface area contributed by atoms with E-state index in [1.807, 2.05) is 0 Å². The zero-order valence-corrected chi connectivity index (χ0v) is 18.9. The molecule has 174 valence electrons. The first-order chi connectivity index (χ1) is 16.3. The molecule has 1 saturated carbocycles. The van der Waals surface area contributed by atoms with Crippen molar-refractivity contribution in [3.8, 4) is 11.1 Å². The van der Waals surface area contributed by atoms with Gasteiger partial charge in [0, 0.05) is 16.5 Å². The molecule has 3 aromatic rings. The molecule has 0 bridgehead atoms. The molecular formula is C25H20ClF2N3O3. The van der Waals surface area contributed by atoms with Gasteiger partial charge >= 0.3 is 11.9 Å². The first kappa shape index (κ1) is 23.4. The van der Waals surface area contributed by atoms with Crippen molar-refractivity contribution >= 4 is 29.3 Å². The van der Waals surface area contributed by atoms with Crippen LogP contribution in [0.1, 0.15) is 34.3 Å². The summed E-state index contributed by atoms with van der Waals surface area (Å²) in [4.78, 5) is 30.1. The number of primary amides is 1. The summed E-state index contributed by atoms with van der Waals surface area (Å²) in [7, 11) is 0. The summed E-state index contributed by atoms with van der Waals surface area (Å²) in [6.45, 7) is 1.52. The molecule has 0 atom stereocenters. The van der Waals surface area contributed by atoms with E-state index in [0.717, 1.165) is 18.9 Å². The van der Waals surface area contributed by atoms with Gasteiger partial charge in [-0.3, -0.25) is 9.73 Å². The van der Waals surface area contributed by atoms with Gasteiger partial charge < -0.3 is 5.73 Å². The third-order valence-electron chi connectivity index (χ3n) is 5.40. The van der Waals surface area contributed by atoms with Gasteiger partial charge in [-0.15, -0.1) is 0 Å². The molecule has 4 rings (SSSR count). The van der Waals surface area contributed by atoms with Crippen molar-refractivity contribution in [1.29, 1.82) is 0 Å². The lowest BCUT2D eigenvalue weighted by molar-refractivity contribution is -0.0845. The van der Waals surface area contributed by atoms with Gasteiger partial charge in [0.15, 0.2) is 0 Å². The predicted octanol–water partition coefficient (Wildman–Crippen LogP) is 5.86. The average molecular weight is 484 g/mol. The van der Waals surface area contributed by atoms with Crippen molar-refractivity contribution < 1.29 is 23.3 Å². The lowest BCUT2D eigenvalue weighted by Gasteiger charge is -2.18. The number of amides is 3. The Labute approximate surface area is 199 Å². The molecule has 1 fully saturated rings. The number of nitrogens with two attached hydrogens (primary N) is 1. The van der Waals surface area contributed by atoms with Crippen LogP contribution in [0.3, 0.4) is 0 Å². The van der Waals surface area contributed by atoms with E-state index < -0.39 is 29.1 Å². The molecule has 3 amide bonds. The lowest BCUT2D eigenvalue weighted by Crippen LogP contribution is -2.40. The smallest absolute Gasteiger partial charge is 0.349 e. The largest absolute Gasteiger partial charge is 0.357 e. The number of urea groups is 1. The van der Waals surface area contributed by atoms with Crippen LogP contribution in [0.2, 0.25) is 5.02 Å². The molecule has 0 unspecified atom stereocenters. The van der Waals surface area contributed by atoms with Crippen molar-refractivity contribution in [2.45, 2.75) is 19.8 Å². The number of carbonyl (C=O) groups is 2. The Bertz CT molecular complexity index is 1280. The molecule has 0 saturated heterocycles. The van der Waals surface area contributed by atoms with Crippen molar-refractivity contribution in [1.82, 2.24) is 5.06 Å². The number of carbonyl (C=O) groups excluding carboxylic acids is 2. The highest BCUT2D eigenvalue weighted by molar-refractivity contribution is 6.30. The van der Waals surface area contributed by atoms with E-state index in [-0.39, 0.29) is 22.1 Å². The Kier molecular flexibility index (Phi) is 6.61. The van der Waals surface area contributed by atoms with Gasteiger partial charge in [0.05, 0.1) is 5.71 Å². The molecular weight excluding hydrogens is 464 g/mol. The van der Waals surface area contributed by atoms with E-state index >= 15 is 4.39 Å². The number of hydrogen-bond acceptors (Lipinski definition) is 4. The number of rotatable bonds is 6. The number of imide groups is 1. The zero-order valence-electron chi connectivity index (χ0n) is 18.1. The SMILES string of the molecule is Cc1cc(F)c(C(=O)N(O/N=C(\c2ccc(Cl)cc2)C2CC2)C(N)=O)c(F)c1-c1ccccc1. The molecule has 1 aliphatic rings. The second-order valence-electron chi connectivity index (χ2n) is 7.88. The number of nitrogens with zero attached hydrogens (tertiary/aromatic N) is 2. The van der Waals surface area contributed by atoms with E-state index in [1.165, 1.54) is 6.92 Å². The van der Waals surface area contributed by atoms with Gasteiger partial charge in [-0.25, -0.2) is 13.6 Å². The summed E-state index contributed by atoms with van der Waals surface area (Å²) >= 11 is 5.93. The van der Waals surface area contributed by atoms with Crippen LogP contribution >= 0.6 is 11.6 Å². The molecule has 34 heavy (non-hydrogen) atoms. The summed E-state index contributed by atoms with van der Waals surface area (Å²) in [6.07, 6.45) is 1.66. The molecule has 6 nitrogen and oxygen atoms in total. The molecule has 0 spiro atoms. The summed E-state index contributed by atoms with van der Waals surface area (Å²) < 4.78 is 30.2. The van der Waals surface area contributed by atoms with Crippen LogP contribution in [-0.2, 0) is 4.94 Å². The van der Waals surface area contributed by atoms with Crippen LogP contribution in [0.15, 0.2) is 65.8 Å². The number of hydroxylamine groups is 2. The van der Waals surface area contributed by atoms with Crippen molar-refractivity contribution in [2.75, 3.05) is 0 Å². The number of hydrogen-bond donors (Lipinski definition) is 1. The minimum atomic E-state index is -1.41. The fourth-order valence-corrected chi connectivity index (χ4v) is 3.72. The van der Waals surface area contributed by atoms with Gasteiger partial charge in [0.25, 0.3) is 0 Å². The van der Waals surface area contributed by atoms with Gasteiger partial charge in [0.1, 0.15) is 17.2 Å². The first-order valence-corrected chi connectivity index (χ1v) is 10.8. The van der Waals surface area contributed by atoms with Crippen molar-refractivity contribution in [3.63, 3.8) is 0 Å². The molecule has 0 aliphatic heterocycles. The number of benzene rings is 3. The van der Waals surface area contributed by atoms with E-state index in [2.05, 4.69) is 5.16 Å². The Morgan fingerprint density at radius 1 is 1.09 bits per heavy atom. The average Bonchev–Trinajstić information content (AvgIpc) is 3.63. The van der Waals surface area contributed by atoms with Gasteiger partial charge in [-0.05, 0) is 54.7 Å². The maximum absolute atomic E-state index is 15.5. The van der Waals surface area contributed by atoms with Crippen LogP contribution < -0.4 is 5.73 Å². The standard InChI is InChI=1S/C25H20ClF2N3O3/c1-14-13-19(27)21(22(28)20(14)15-5-3-2-4-6-15)24(32)31(25(29)33)34-30-23(16-7-8-16)17-9-11-18(26)12-10-17/h2-6,9-13,16H,7-8H2,1H3,(H2,29,33)/b30-23-. The van der Waals surface area contributed by atoms with Crippen LogP contribution in [0, 0.1) is 24.5 Å². The highest BCUT2D eigenvalue weighted by Crippen LogP contribution is 2.34. The van der Waals surface area contributed by atoms with E-state index in [9.17, 15) is 14.0 Å². The fraction of sp³-hybridized carbons (Fsp3) is 0.160. The van der Waals surface area contributed by atoms with E-state index in [1.54, 1.807) is 54.6 Å². The molecule has 2 N–H and O–H groups in total. The lowest BCUT2D eigenvalue weighted by atomic mass is 9.96. The Morgan fingerprint density at radius 2 is 1.74 bits per heavy atom. The normalized spacial score (nSPS) is 13.5. The predicted molar refractivity (Wildman–Crippen MR) is 124 cm³/mol. The third-order valence-corrected chi connectivity index (χ3v) is 5.65. The monoisotopic (exact) mass is 483 g/mol. The van der Waals surface area contributed by atoms with Crippen molar-refractivity contribution in [2.24, 2.45) is 16.8 Å². The maximum atomic E-state index is 15.5. The minimum Gasteiger partial charge on any atom is -0.349 e. The van der Waals surface area contributed by atoms with Crippen LogP contribution in [0.25, 0.3) is 11.1 Å². The first-order valence-electron chi connectivity index (χ1n) is 10.5. The fourth-order valence-electron chi connectivity index (χ4n) is 3.60. The van der Waals surface area contributed by atoms with Crippen LogP contribution in [-0.4, -0.2) is 22.7 Å². The molecule has 0 aromatic heterocycles. The molecule has 9 heteroatoms. The van der Waals surface area contributed by atoms with Gasteiger partial charge in [0.2, 0.25) is 0 Å².